The quantitative estimate of drug-likeness (QED) is 0.307. The molecule has 2 rings (SSSR count). The SMILES string of the molecule is CC(C)C(=O)Nc1ccc(NC(=O)CCCCCCC(=O)Nc2ccccc2N)cc1. The molecule has 31 heavy (non-hydrogen) atoms. The molecule has 2 aromatic rings. The van der Waals surface area contributed by atoms with Gasteiger partial charge in [-0.1, -0.05) is 38.8 Å². The highest BCUT2D eigenvalue weighted by Crippen LogP contribution is 2.18. The lowest BCUT2D eigenvalue weighted by atomic mass is 10.1. The number of amides is 3. The number of rotatable bonds is 11. The number of para-hydroxylation sites is 2. The Balaban J connectivity index is 1.58. The summed E-state index contributed by atoms with van der Waals surface area (Å²) in [6.45, 7) is 3.67. The number of carbonyl (C=O) groups excluding carboxylic acids is 3. The van der Waals surface area contributed by atoms with Crippen LogP contribution >= 0.6 is 0 Å². The number of anilines is 4. The molecular formula is C24H32N4O3. The highest BCUT2D eigenvalue weighted by molar-refractivity contribution is 5.94. The van der Waals surface area contributed by atoms with Crippen molar-refractivity contribution in [1.29, 1.82) is 0 Å². The normalized spacial score (nSPS) is 10.5. The number of nitrogens with two attached hydrogens (primary N) is 1. The second kappa shape index (κ2) is 12.4. The largest absolute Gasteiger partial charge is 0.397 e. The van der Waals surface area contributed by atoms with E-state index in [-0.39, 0.29) is 23.6 Å². The number of hydrogen-bond donors (Lipinski definition) is 4. The molecule has 0 aromatic heterocycles. The maximum absolute atomic E-state index is 12.1. The summed E-state index contributed by atoms with van der Waals surface area (Å²) in [4.78, 5) is 35.7. The van der Waals surface area contributed by atoms with E-state index >= 15 is 0 Å². The Bertz CT molecular complexity index is 879. The monoisotopic (exact) mass is 424 g/mol. The van der Waals surface area contributed by atoms with Gasteiger partial charge in [-0.25, -0.2) is 0 Å². The van der Waals surface area contributed by atoms with E-state index in [1.165, 1.54) is 0 Å². The van der Waals surface area contributed by atoms with Gasteiger partial charge in [-0.2, -0.15) is 0 Å². The van der Waals surface area contributed by atoms with Crippen molar-refractivity contribution in [2.75, 3.05) is 21.7 Å². The first kappa shape index (κ1) is 23.9. The van der Waals surface area contributed by atoms with Gasteiger partial charge in [0.15, 0.2) is 0 Å². The fourth-order valence-electron chi connectivity index (χ4n) is 2.90. The third-order valence-corrected chi connectivity index (χ3v) is 4.75. The van der Waals surface area contributed by atoms with Gasteiger partial charge in [-0.3, -0.25) is 14.4 Å². The Morgan fingerprint density at radius 3 is 1.81 bits per heavy atom. The Labute approximate surface area is 183 Å². The van der Waals surface area contributed by atoms with Gasteiger partial charge in [0, 0.05) is 30.1 Å². The molecule has 0 aliphatic carbocycles. The number of hydrogen-bond acceptors (Lipinski definition) is 4. The van der Waals surface area contributed by atoms with Crippen LogP contribution in [0.25, 0.3) is 0 Å². The highest BCUT2D eigenvalue weighted by Gasteiger charge is 2.08. The van der Waals surface area contributed by atoms with Crippen LogP contribution in [0.4, 0.5) is 22.7 Å². The second-order valence-corrected chi connectivity index (χ2v) is 7.82. The predicted octanol–water partition coefficient (Wildman–Crippen LogP) is 4.78. The molecule has 0 saturated carbocycles. The second-order valence-electron chi connectivity index (χ2n) is 7.82. The Morgan fingerprint density at radius 2 is 1.26 bits per heavy atom. The van der Waals surface area contributed by atoms with E-state index in [4.69, 9.17) is 5.73 Å². The summed E-state index contributed by atoms with van der Waals surface area (Å²) in [6.07, 6.45) is 4.16. The molecule has 0 aliphatic heterocycles. The summed E-state index contributed by atoms with van der Waals surface area (Å²) in [5.41, 5.74) is 8.41. The van der Waals surface area contributed by atoms with Crippen molar-refractivity contribution >= 4 is 40.5 Å². The van der Waals surface area contributed by atoms with Gasteiger partial charge in [0.25, 0.3) is 0 Å². The molecule has 7 nitrogen and oxygen atoms in total. The van der Waals surface area contributed by atoms with E-state index in [1.54, 1.807) is 36.4 Å². The lowest BCUT2D eigenvalue weighted by molar-refractivity contribution is -0.119. The average Bonchev–Trinajstić information content (AvgIpc) is 2.73. The van der Waals surface area contributed by atoms with E-state index in [9.17, 15) is 14.4 Å². The summed E-state index contributed by atoms with van der Waals surface area (Å²) in [6, 6.07) is 14.3. The lowest BCUT2D eigenvalue weighted by Crippen LogP contribution is -2.17. The number of nitrogen functional groups attached to an aromatic ring is 1. The molecule has 0 atom stereocenters. The third-order valence-electron chi connectivity index (χ3n) is 4.75. The first-order valence-corrected chi connectivity index (χ1v) is 10.7. The molecule has 0 aliphatic rings. The zero-order valence-corrected chi connectivity index (χ0v) is 18.2. The molecule has 0 spiro atoms. The minimum absolute atomic E-state index is 0.0431. The van der Waals surface area contributed by atoms with Gasteiger partial charge in [0.1, 0.15) is 0 Å². The van der Waals surface area contributed by atoms with Gasteiger partial charge in [0.2, 0.25) is 17.7 Å². The van der Waals surface area contributed by atoms with Crippen LogP contribution in [-0.4, -0.2) is 17.7 Å². The van der Waals surface area contributed by atoms with Gasteiger partial charge >= 0.3 is 0 Å². The number of nitrogens with one attached hydrogen (secondary N) is 3. The smallest absolute Gasteiger partial charge is 0.226 e. The van der Waals surface area contributed by atoms with E-state index in [1.807, 2.05) is 26.0 Å². The Morgan fingerprint density at radius 1 is 0.742 bits per heavy atom. The third kappa shape index (κ3) is 8.90. The van der Waals surface area contributed by atoms with Crippen molar-refractivity contribution in [2.24, 2.45) is 5.92 Å². The van der Waals surface area contributed by atoms with Crippen molar-refractivity contribution in [1.82, 2.24) is 0 Å². The minimum atomic E-state index is -0.0866. The molecular weight excluding hydrogens is 392 g/mol. The number of benzene rings is 2. The summed E-state index contributed by atoms with van der Waals surface area (Å²) in [7, 11) is 0. The summed E-state index contributed by atoms with van der Waals surface area (Å²) >= 11 is 0. The van der Waals surface area contributed by atoms with Crippen LogP contribution in [0.5, 0.6) is 0 Å². The summed E-state index contributed by atoms with van der Waals surface area (Å²) < 4.78 is 0. The van der Waals surface area contributed by atoms with Crippen LogP contribution in [0.3, 0.4) is 0 Å². The minimum Gasteiger partial charge on any atom is -0.397 e. The van der Waals surface area contributed by atoms with Crippen LogP contribution in [0.15, 0.2) is 48.5 Å². The standard InChI is InChI=1S/C24H32N4O3/c1-17(2)24(31)27-19-15-13-18(14-16-19)26-22(29)11-5-3-4-6-12-23(30)28-21-10-8-7-9-20(21)25/h7-10,13-17H,3-6,11-12,25H2,1-2H3,(H,26,29)(H,27,31)(H,28,30). The van der Waals surface area contributed by atoms with Gasteiger partial charge in [-0.05, 0) is 49.2 Å². The number of carbonyl (C=O) groups is 3. The Hall–Kier alpha value is -3.35. The molecule has 0 saturated heterocycles. The maximum atomic E-state index is 12.1. The first-order valence-electron chi connectivity index (χ1n) is 10.7. The molecule has 0 heterocycles. The lowest BCUT2D eigenvalue weighted by Gasteiger charge is -2.09. The van der Waals surface area contributed by atoms with E-state index < -0.39 is 0 Å². The maximum Gasteiger partial charge on any atom is 0.226 e. The fourth-order valence-corrected chi connectivity index (χ4v) is 2.90. The van der Waals surface area contributed by atoms with Crippen LogP contribution < -0.4 is 21.7 Å². The molecule has 0 fully saturated rings. The summed E-state index contributed by atoms with van der Waals surface area (Å²) in [5.74, 6) is -0.227. The molecule has 166 valence electrons. The van der Waals surface area contributed by atoms with Crippen LogP contribution in [0.1, 0.15) is 52.4 Å². The van der Waals surface area contributed by atoms with Crippen LogP contribution in [-0.2, 0) is 14.4 Å². The topological polar surface area (TPSA) is 113 Å². The van der Waals surface area contributed by atoms with Crippen LogP contribution in [0, 0.1) is 5.92 Å². The van der Waals surface area contributed by atoms with Crippen LogP contribution in [0.2, 0.25) is 0 Å². The van der Waals surface area contributed by atoms with E-state index in [0.717, 1.165) is 25.7 Å². The van der Waals surface area contributed by atoms with Crippen molar-refractivity contribution in [3.8, 4) is 0 Å². The van der Waals surface area contributed by atoms with E-state index in [2.05, 4.69) is 16.0 Å². The van der Waals surface area contributed by atoms with Gasteiger partial charge < -0.3 is 21.7 Å². The summed E-state index contributed by atoms with van der Waals surface area (Å²) in [5, 5.41) is 8.49. The first-order chi connectivity index (χ1) is 14.8. The molecule has 0 radical (unpaired) electrons. The Kier molecular flexibility index (Phi) is 9.55. The number of unbranched alkanes of at least 4 members (excludes halogenated alkanes) is 3. The molecule has 3 amide bonds. The van der Waals surface area contributed by atoms with Crippen molar-refractivity contribution in [3.05, 3.63) is 48.5 Å². The highest BCUT2D eigenvalue weighted by atomic mass is 16.2. The molecule has 0 unspecified atom stereocenters. The molecule has 7 heteroatoms. The molecule has 0 bridgehead atoms. The fraction of sp³-hybridized carbons (Fsp3) is 0.375. The van der Waals surface area contributed by atoms with Crippen molar-refractivity contribution in [3.63, 3.8) is 0 Å². The van der Waals surface area contributed by atoms with Crippen molar-refractivity contribution < 1.29 is 14.4 Å². The predicted molar refractivity (Wildman–Crippen MR) is 126 cm³/mol. The zero-order valence-electron chi connectivity index (χ0n) is 18.2. The van der Waals surface area contributed by atoms with Gasteiger partial charge in [-0.15, -0.1) is 0 Å². The van der Waals surface area contributed by atoms with Gasteiger partial charge in [0.05, 0.1) is 11.4 Å². The van der Waals surface area contributed by atoms with Crippen molar-refractivity contribution in [2.45, 2.75) is 52.4 Å². The zero-order chi connectivity index (χ0) is 22.6. The molecule has 5 N–H and O–H groups in total. The average molecular weight is 425 g/mol. The molecule has 2 aromatic carbocycles. The van der Waals surface area contributed by atoms with E-state index in [0.29, 0.717) is 35.6 Å².